The molecule has 0 unspecified atom stereocenters. The molecule has 6 nitrogen and oxygen atoms in total. The fourth-order valence-electron chi connectivity index (χ4n) is 2.03. The number of amides is 1. The van der Waals surface area contributed by atoms with Crippen molar-refractivity contribution in [1.82, 2.24) is 0 Å². The lowest BCUT2D eigenvalue weighted by molar-refractivity contribution is -0.116. The molecule has 128 valence electrons. The van der Waals surface area contributed by atoms with E-state index in [2.05, 4.69) is 0 Å². The fourth-order valence-corrected chi connectivity index (χ4v) is 3.63. The first-order valence-corrected chi connectivity index (χ1v) is 8.47. The number of ether oxygens (including phenoxy) is 1. The maximum absolute atomic E-state index is 13.1. The van der Waals surface area contributed by atoms with Gasteiger partial charge in [0.05, 0.1) is 17.7 Å². The fraction of sp³-hybridized carbons (Fsp3) is 0.133. The van der Waals surface area contributed by atoms with E-state index in [1.54, 1.807) is 0 Å². The van der Waals surface area contributed by atoms with Crippen LogP contribution in [0.15, 0.2) is 47.4 Å². The number of anilines is 1. The summed E-state index contributed by atoms with van der Waals surface area (Å²) in [5, 5.41) is 0.245. The molecule has 0 spiro atoms. The molecule has 0 saturated carbocycles. The summed E-state index contributed by atoms with van der Waals surface area (Å²) in [6.07, 6.45) is 0. The Morgan fingerprint density at radius 3 is 2.42 bits per heavy atom. The average Bonchev–Trinajstić information content (AvgIpc) is 2.52. The molecule has 0 saturated heterocycles. The first-order chi connectivity index (χ1) is 11.3. The van der Waals surface area contributed by atoms with E-state index in [0.717, 1.165) is 28.6 Å². The standard InChI is InChI=1S/C15H14ClFN2O4S/c1-23-14-7-2-10(16)8-13(14)19(9-15(18)20)24(21,22)12-5-3-11(17)4-6-12/h2-8H,9H2,1H3,(H2,18,20). The number of hydrogen-bond acceptors (Lipinski definition) is 4. The molecule has 2 rings (SSSR count). The number of nitrogens with zero attached hydrogens (tertiary/aromatic N) is 1. The van der Waals surface area contributed by atoms with Crippen LogP contribution in [0.2, 0.25) is 5.02 Å². The molecule has 2 N–H and O–H groups in total. The molecule has 0 aliphatic rings. The van der Waals surface area contributed by atoms with Crippen LogP contribution in [0.4, 0.5) is 10.1 Å². The number of benzene rings is 2. The van der Waals surface area contributed by atoms with E-state index >= 15 is 0 Å². The van der Waals surface area contributed by atoms with Gasteiger partial charge >= 0.3 is 0 Å². The molecule has 2 aromatic rings. The lowest BCUT2D eigenvalue weighted by Crippen LogP contribution is -2.38. The van der Waals surface area contributed by atoms with Gasteiger partial charge in [0.2, 0.25) is 5.91 Å². The van der Waals surface area contributed by atoms with Crippen LogP contribution in [-0.4, -0.2) is 28.0 Å². The van der Waals surface area contributed by atoms with Crippen molar-refractivity contribution in [2.45, 2.75) is 4.90 Å². The number of halogens is 2. The number of nitrogens with two attached hydrogens (primary N) is 1. The lowest BCUT2D eigenvalue weighted by Gasteiger charge is -2.25. The van der Waals surface area contributed by atoms with Gasteiger partial charge in [-0.25, -0.2) is 12.8 Å². The highest BCUT2D eigenvalue weighted by atomic mass is 35.5. The summed E-state index contributed by atoms with van der Waals surface area (Å²) in [4.78, 5) is 11.2. The number of carbonyl (C=O) groups excluding carboxylic acids is 1. The van der Waals surface area contributed by atoms with Crippen LogP contribution in [0.1, 0.15) is 0 Å². The highest BCUT2D eigenvalue weighted by molar-refractivity contribution is 7.92. The van der Waals surface area contributed by atoms with E-state index in [1.807, 2.05) is 0 Å². The zero-order valence-electron chi connectivity index (χ0n) is 12.6. The maximum Gasteiger partial charge on any atom is 0.264 e. The summed E-state index contributed by atoms with van der Waals surface area (Å²) in [7, 11) is -2.84. The molecule has 0 atom stereocenters. The minimum atomic E-state index is -4.19. The van der Waals surface area contributed by atoms with Gasteiger partial charge in [0.15, 0.2) is 0 Å². The summed E-state index contributed by atoms with van der Waals surface area (Å²) in [5.41, 5.74) is 5.23. The summed E-state index contributed by atoms with van der Waals surface area (Å²) < 4.78 is 44.7. The van der Waals surface area contributed by atoms with Crippen molar-refractivity contribution >= 4 is 33.2 Å². The molecule has 9 heteroatoms. The smallest absolute Gasteiger partial charge is 0.264 e. The molecule has 24 heavy (non-hydrogen) atoms. The van der Waals surface area contributed by atoms with Crippen molar-refractivity contribution in [3.8, 4) is 5.75 Å². The third kappa shape index (κ3) is 3.77. The highest BCUT2D eigenvalue weighted by Gasteiger charge is 2.29. The number of methoxy groups -OCH3 is 1. The van der Waals surface area contributed by atoms with Crippen LogP contribution in [0, 0.1) is 5.82 Å². The van der Waals surface area contributed by atoms with Crippen LogP contribution < -0.4 is 14.8 Å². The number of hydrogen-bond donors (Lipinski definition) is 1. The van der Waals surface area contributed by atoms with E-state index < -0.39 is 28.3 Å². The Hall–Kier alpha value is -2.32. The van der Waals surface area contributed by atoms with E-state index in [-0.39, 0.29) is 21.4 Å². The van der Waals surface area contributed by atoms with Crippen molar-refractivity contribution in [3.63, 3.8) is 0 Å². The molecule has 0 heterocycles. The monoisotopic (exact) mass is 372 g/mol. The quantitative estimate of drug-likeness (QED) is 0.841. The van der Waals surface area contributed by atoms with Crippen LogP contribution in [0.3, 0.4) is 0 Å². The van der Waals surface area contributed by atoms with Crippen molar-refractivity contribution in [2.24, 2.45) is 5.73 Å². The van der Waals surface area contributed by atoms with Crippen molar-refractivity contribution < 1.29 is 22.3 Å². The Kier molecular flexibility index (Phi) is 5.30. The summed E-state index contributed by atoms with van der Waals surface area (Å²) >= 11 is 5.93. The van der Waals surface area contributed by atoms with Gasteiger partial charge in [-0.15, -0.1) is 0 Å². The Morgan fingerprint density at radius 2 is 1.88 bits per heavy atom. The van der Waals surface area contributed by atoms with Crippen LogP contribution in [0.25, 0.3) is 0 Å². The second-order valence-corrected chi connectivity index (χ2v) is 7.05. The Bertz CT molecular complexity index is 856. The zero-order chi connectivity index (χ0) is 17.9. The highest BCUT2D eigenvalue weighted by Crippen LogP contribution is 2.34. The minimum absolute atomic E-state index is 0.0492. The molecule has 0 bridgehead atoms. The minimum Gasteiger partial charge on any atom is -0.495 e. The van der Waals surface area contributed by atoms with Gasteiger partial charge < -0.3 is 10.5 Å². The van der Waals surface area contributed by atoms with Gasteiger partial charge in [-0.2, -0.15) is 0 Å². The third-order valence-corrected chi connectivity index (χ3v) is 5.12. The lowest BCUT2D eigenvalue weighted by atomic mass is 10.3. The van der Waals surface area contributed by atoms with Crippen molar-refractivity contribution in [3.05, 3.63) is 53.3 Å². The number of carbonyl (C=O) groups is 1. The maximum atomic E-state index is 13.1. The molecule has 0 fully saturated rings. The van der Waals surface area contributed by atoms with Gasteiger partial charge in [0.1, 0.15) is 18.1 Å². The second-order valence-electron chi connectivity index (χ2n) is 4.75. The first-order valence-electron chi connectivity index (χ1n) is 6.66. The van der Waals surface area contributed by atoms with E-state index in [0.29, 0.717) is 0 Å². The topological polar surface area (TPSA) is 89.7 Å². The van der Waals surface area contributed by atoms with Gasteiger partial charge in [-0.1, -0.05) is 11.6 Å². The molecule has 0 radical (unpaired) electrons. The average molecular weight is 373 g/mol. The van der Waals surface area contributed by atoms with Crippen molar-refractivity contribution in [1.29, 1.82) is 0 Å². The Balaban J connectivity index is 2.63. The molecule has 0 aliphatic heterocycles. The second kappa shape index (κ2) is 7.06. The van der Waals surface area contributed by atoms with Crippen LogP contribution >= 0.6 is 11.6 Å². The molecular formula is C15H14ClFN2O4S. The van der Waals surface area contributed by atoms with E-state index in [1.165, 1.54) is 25.3 Å². The largest absolute Gasteiger partial charge is 0.495 e. The first kappa shape index (κ1) is 18.0. The molecule has 2 aromatic carbocycles. The van der Waals surface area contributed by atoms with Gasteiger partial charge in [-0.3, -0.25) is 9.10 Å². The van der Waals surface area contributed by atoms with Gasteiger partial charge in [-0.05, 0) is 42.5 Å². The molecular weight excluding hydrogens is 359 g/mol. The van der Waals surface area contributed by atoms with Gasteiger partial charge in [0, 0.05) is 5.02 Å². The number of rotatable bonds is 6. The summed E-state index contributed by atoms with van der Waals surface area (Å²) in [6.45, 7) is -0.629. The van der Waals surface area contributed by atoms with E-state index in [9.17, 15) is 17.6 Å². The molecule has 1 amide bonds. The predicted molar refractivity (Wildman–Crippen MR) is 88.1 cm³/mol. The summed E-state index contributed by atoms with van der Waals surface area (Å²) in [5.74, 6) is -1.27. The van der Waals surface area contributed by atoms with Crippen LogP contribution in [0.5, 0.6) is 5.75 Å². The SMILES string of the molecule is COc1ccc(Cl)cc1N(CC(N)=O)S(=O)(=O)c1ccc(F)cc1. The normalized spacial score (nSPS) is 11.1. The Labute approximate surface area is 143 Å². The molecule has 0 aromatic heterocycles. The number of primary amides is 1. The zero-order valence-corrected chi connectivity index (χ0v) is 14.1. The third-order valence-electron chi connectivity index (χ3n) is 3.11. The van der Waals surface area contributed by atoms with Gasteiger partial charge in [0.25, 0.3) is 10.0 Å². The molecule has 0 aliphatic carbocycles. The number of sulfonamides is 1. The van der Waals surface area contributed by atoms with Crippen LogP contribution in [-0.2, 0) is 14.8 Å². The predicted octanol–water partition coefficient (Wildman–Crippen LogP) is 2.17. The summed E-state index contributed by atoms with van der Waals surface area (Å²) in [6, 6.07) is 8.51. The van der Waals surface area contributed by atoms with E-state index in [4.69, 9.17) is 22.1 Å². The Morgan fingerprint density at radius 1 is 1.25 bits per heavy atom. The van der Waals surface area contributed by atoms with Crippen molar-refractivity contribution in [2.75, 3.05) is 18.0 Å².